The van der Waals surface area contributed by atoms with Gasteiger partial charge in [0, 0.05) is 33.9 Å². The van der Waals surface area contributed by atoms with Gasteiger partial charge >= 0.3 is 11.7 Å². The van der Waals surface area contributed by atoms with E-state index in [0.717, 1.165) is 23.8 Å². The fourth-order valence-corrected chi connectivity index (χ4v) is 1.97. The van der Waals surface area contributed by atoms with Crippen LogP contribution in [-0.4, -0.2) is 22.5 Å². The molecule has 0 saturated carbocycles. The second-order valence-corrected chi connectivity index (χ2v) is 6.87. The lowest BCUT2D eigenvalue weighted by Gasteiger charge is -1.99. The van der Waals surface area contributed by atoms with Crippen molar-refractivity contribution in [3.8, 4) is 0 Å². The summed E-state index contributed by atoms with van der Waals surface area (Å²) >= 11 is 0.729. The maximum absolute atomic E-state index is 10.1. The fraction of sp³-hybridized carbons (Fsp3) is 1.00. The van der Waals surface area contributed by atoms with E-state index in [4.69, 9.17) is 0 Å². The van der Waals surface area contributed by atoms with E-state index in [9.17, 15) is 8.42 Å². The van der Waals surface area contributed by atoms with Crippen molar-refractivity contribution in [1.82, 2.24) is 0 Å². The Kier molecular flexibility index (Phi) is 22.2. The van der Waals surface area contributed by atoms with E-state index >= 15 is 0 Å². The average Bonchev–Trinajstić information content (AvgIpc) is 2.31. The van der Waals surface area contributed by atoms with E-state index in [-0.39, 0.29) is 0 Å². The molecule has 0 aromatic carbocycles. The summed E-state index contributed by atoms with van der Waals surface area (Å²) in [5.41, 5.74) is 0. The van der Waals surface area contributed by atoms with E-state index in [0.29, 0.717) is 0 Å². The molecule has 0 aromatic heterocycles. The molecule has 0 heterocycles. The molecule has 0 aliphatic heterocycles. The summed E-state index contributed by atoms with van der Waals surface area (Å²) < 4.78 is 19.6. The summed E-state index contributed by atoms with van der Waals surface area (Å²) in [7, 11) is -0.611. The van der Waals surface area contributed by atoms with E-state index in [1.807, 2.05) is 0 Å². The highest BCUT2D eigenvalue weighted by molar-refractivity contribution is 7.83. The Balaban J connectivity index is 0. The van der Waals surface area contributed by atoms with Crippen LogP contribution in [0.15, 0.2) is 0 Å². The van der Waals surface area contributed by atoms with Gasteiger partial charge in [0.05, 0.1) is 0 Å². The minimum Gasteiger partial charge on any atom is -0.260 e. The van der Waals surface area contributed by atoms with Crippen molar-refractivity contribution in [1.29, 1.82) is 0 Å². The van der Waals surface area contributed by atoms with Gasteiger partial charge in [-0.3, -0.25) is 4.21 Å². The van der Waals surface area contributed by atoms with Crippen molar-refractivity contribution >= 4 is 22.5 Å². The Morgan fingerprint density at radius 3 is 1.44 bits per heavy atom. The van der Waals surface area contributed by atoms with Gasteiger partial charge in [-0.1, -0.05) is 58.3 Å². The summed E-state index contributed by atoms with van der Waals surface area (Å²) in [5, 5.41) is 0. The summed E-state index contributed by atoms with van der Waals surface area (Å²) in [6.45, 7) is 2.26. The van der Waals surface area contributed by atoms with Crippen LogP contribution < -0.4 is 0 Å². The zero-order chi connectivity index (χ0) is 14.1. The molecule has 0 atom stereocenters. The maximum atomic E-state index is 10.1. The third-order valence-corrected chi connectivity index (χ3v) is 3.04. The SMILES string of the molecule is CCCCCCCCCCCC[S+]=O.CS(C)=O. The molecule has 18 heavy (non-hydrogen) atoms. The zero-order valence-electron chi connectivity index (χ0n) is 12.4. The van der Waals surface area contributed by atoms with Gasteiger partial charge in [0.2, 0.25) is 5.75 Å². The monoisotopic (exact) mass is 295 g/mol. The molecule has 4 heteroatoms. The molecule has 110 valence electrons. The first-order chi connectivity index (χ1) is 8.65. The van der Waals surface area contributed by atoms with Crippen LogP contribution in [-0.2, 0) is 26.7 Å². The highest BCUT2D eigenvalue weighted by Crippen LogP contribution is 2.10. The molecule has 0 rings (SSSR count). The first-order valence-electron chi connectivity index (χ1n) is 7.15. The smallest absolute Gasteiger partial charge is 0.260 e. The van der Waals surface area contributed by atoms with E-state index < -0.39 is 10.8 Å². The van der Waals surface area contributed by atoms with Crippen LogP contribution >= 0.6 is 0 Å². The van der Waals surface area contributed by atoms with Crippen molar-refractivity contribution in [2.45, 2.75) is 71.1 Å². The molecule has 0 aliphatic carbocycles. The highest BCUT2D eigenvalue weighted by Gasteiger charge is 1.97. The number of hydrogen-bond acceptors (Lipinski definition) is 2. The quantitative estimate of drug-likeness (QED) is 0.420. The Morgan fingerprint density at radius 1 is 0.778 bits per heavy atom. The van der Waals surface area contributed by atoms with E-state index in [2.05, 4.69) is 6.92 Å². The topological polar surface area (TPSA) is 34.1 Å². The second-order valence-electron chi connectivity index (χ2n) is 4.75. The van der Waals surface area contributed by atoms with Crippen molar-refractivity contribution in [3.63, 3.8) is 0 Å². The van der Waals surface area contributed by atoms with Gasteiger partial charge in [0.1, 0.15) is 0 Å². The van der Waals surface area contributed by atoms with Gasteiger partial charge in [-0.25, -0.2) is 0 Å². The lowest BCUT2D eigenvalue weighted by Crippen LogP contribution is -1.84. The van der Waals surface area contributed by atoms with Gasteiger partial charge in [-0.2, -0.15) is 0 Å². The Labute approximate surface area is 120 Å². The zero-order valence-corrected chi connectivity index (χ0v) is 14.0. The van der Waals surface area contributed by atoms with Crippen LogP contribution in [0.25, 0.3) is 0 Å². The standard InChI is InChI=1S/C12H25OS.C2H6OS/c1-2-3-4-5-6-7-8-9-10-11-12-14-13;1-4(2)3/h2-12H2,1H3;1-2H3/q+1;. The van der Waals surface area contributed by atoms with Crippen LogP contribution in [0.5, 0.6) is 0 Å². The van der Waals surface area contributed by atoms with Gasteiger partial charge in [0.25, 0.3) is 0 Å². The van der Waals surface area contributed by atoms with E-state index in [1.54, 1.807) is 12.5 Å². The predicted molar refractivity (Wildman–Crippen MR) is 84.8 cm³/mol. The Hall–Kier alpha value is 0.170. The molecular formula is C14H31O2S2+. The molecule has 0 spiro atoms. The van der Waals surface area contributed by atoms with Crippen molar-refractivity contribution in [2.24, 2.45) is 0 Å². The number of unbranched alkanes of at least 4 members (excludes halogenated alkanes) is 9. The minimum absolute atomic E-state index is 0.611. The maximum Gasteiger partial charge on any atom is 0.458 e. The summed E-state index contributed by atoms with van der Waals surface area (Å²) in [6, 6.07) is 0. The molecule has 0 aliphatic rings. The van der Waals surface area contributed by atoms with Crippen molar-refractivity contribution in [2.75, 3.05) is 18.3 Å². The third-order valence-electron chi connectivity index (χ3n) is 2.58. The molecule has 0 radical (unpaired) electrons. The minimum atomic E-state index is -0.611. The van der Waals surface area contributed by atoms with Gasteiger partial charge < -0.3 is 0 Å². The van der Waals surface area contributed by atoms with Gasteiger partial charge in [-0.05, 0) is 6.42 Å². The number of hydrogen-bond donors (Lipinski definition) is 0. The molecule has 0 fully saturated rings. The lowest BCUT2D eigenvalue weighted by atomic mass is 10.1. The van der Waals surface area contributed by atoms with Gasteiger partial charge in [-0.15, -0.1) is 0 Å². The normalized spacial score (nSPS) is 10.0. The molecule has 0 bridgehead atoms. The van der Waals surface area contributed by atoms with Crippen molar-refractivity contribution < 1.29 is 8.42 Å². The first-order valence-corrected chi connectivity index (χ1v) is 10.0. The van der Waals surface area contributed by atoms with Crippen LogP contribution in [0, 0.1) is 0 Å². The summed E-state index contributed by atoms with van der Waals surface area (Å²) in [5.74, 6) is 0.802. The molecule has 2 nitrogen and oxygen atoms in total. The molecule has 0 aromatic rings. The largest absolute Gasteiger partial charge is 0.458 e. The van der Waals surface area contributed by atoms with Crippen LogP contribution in [0.4, 0.5) is 0 Å². The first kappa shape index (κ1) is 20.5. The van der Waals surface area contributed by atoms with Crippen molar-refractivity contribution in [3.05, 3.63) is 0 Å². The van der Waals surface area contributed by atoms with Gasteiger partial charge in [0.15, 0.2) is 0 Å². The molecule has 0 unspecified atom stereocenters. The molecule has 0 saturated heterocycles. The Morgan fingerprint density at radius 2 is 1.11 bits per heavy atom. The lowest BCUT2D eigenvalue weighted by molar-refractivity contribution is 0.561. The fourth-order valence-electron chi connectivity index (χ4n) is 1.65. The van der Waals surface area contributed by atoms with Crippen LogP contribution in [0.3, 0.4) is 0 Å². The molecule has 0 N–H and O–H groups in total. The molecule has 0 amide bonds. The second kappa shape index (κ2) is 19.5. The highest BCUT2D eigenvalue weighted by atomic mass is 32.2. The summed E-state index contributed by atoms with van der Waals surface area (Å²) in [6.07, 6.45) is 16.7. The molecular weight excluding hydrogens is 264 g/mol. The van der Waals surface area contributed by atoms with Crippen LogP contribution in [0.2, 0.25) is 0 Å². The predicted octanol–water partition coefficient (Wildman–Crippen LogP) is 4.33. The van der Waals surface area contributed by atoms with Crippen LogP contribution in [0.1, 0.15) is 71.1 Å². The van der Waals surface area contributed by atoms with E-state index in [1.165, 1.54) is 57.8 Å². The number of rotatable bonds is 11. The average molecular weight is 296 g/mol. The summed E-state index contributed by atoms with van der Waals surface area (Å²) in [4.78, 5) is 0. The third kappa shape index (κ3) is 29.8. The Bertz CT molecular complexity index is 181.